The predicted molar refractivity (Wildman–Crippen MR) is 107 cm³/mol. The van der Waals surface area contributed by atoms with Gasteiger partial charge in [0.05, 0.1) is 24.9 Å². The summed E-state index contributed by atoms with van der Waals surface area (Å²) in [5.41, 5.74) is 4.83. The molecule has 0 bridgehead atoms. The summed E-state index contributed by atoms with van der Waals surface area (Å²) in [5, 5.41) is 0. The van der Waals surface area contributed by atoms with E-state index in [-0.39, 0.29) is 11.7 Å². The van der Waals surface area contributed by atoms with Crippen molar-refractivity contribution >= 4 is 5.91 Å². The maximum Gasteiger partial charge on any atom is 0.227 e. The lowest BCUT2D eigenvalue weighted by Crippen LogP contribution is -2.38. The first-order valence-corrected chi connectivity index (χ1v) is 9.59. The third-order valence-electron chi connectivity index (χ3n) is 5.24. The Morgan fingerprint density at radius 3 is 2.52 bits per heavy atom. The van der Waals surface area contributed by atoms with Gasteiger partial charge in [-0.3, -0.25) is 4.79 Å². The van der Waals surface area contributed by atoms with Gasteiger partial charge in [-0.1, -0.05) is 24.3 Å². The van der Waals surface area contributed by atoms with Gasteiger partial charge >= 0.3 is 0 Å². The average molecular weight is 391 g/mol. The Kier molecular flexibility index (Phi) is 5.51. The van der Waals surface area contributed by atoms with E-state index in [0.717, 1.165) is 33.8 Å². The fraction of sp³-hybridized carbons (Fsp3) is 0.261. The minimum Gasteiger partial charge on any atom is -0.497 e. The highest BCUT2D eigenvalue weighted by Gasteiger charge is 2.24. The lowest BCUT2D eigenvalue weighted by atomic mass is 9.99. The van der Waals surface area contributed by atoms with E-state index >= 15 is 0 Å². The van der Waals surface area contributed by atoms with E-state index in [1.54, 1.807) is 25.6 Å². The molecule has 0 fully saturated rings. The van der Waals surface area contributed by atoms with Gasteiger partial charge in [-0.15, -0.1) is 0 Å². The van der Waals surface area contributed by atoms with E-state index in [2.05, 4.69) is 9.97 Å². The molecule has 3 aromatic rings. The molecule has 0 spiro atoms. The number of nitrogens with zero attached hydrogens (tertiary/aromatic N) is 3. The SMILES string of the molecule is COc1ccc(CC(=O)N2CCc3ncnc(Cc4ccc(F)cc4)c3C2)cc1. The summed E-state index contributed by atoms with van der Waals surface area (Å²) in [7, 11) is 1.62. The molecule has 1 aliphatic heterocycles. The smallest absolute Gasteiger partial charge is 0.227 e. The molecule has 0 atom stereocenters. The molecular formula is C23H22FN3O2. The zero-order chi connectivity index (χ0) is 20.2. The first-order valence-electron chi connectivity index (χ1n) is 9.59. The van der Waals surface area contributed by atoms with E-state index in [1.165, 1.54) is 12.1 Å². The van der Waals surface area contributed by atoms with Crippen LogP contribution < -0.4 is 4.74 Å². The molecule has 4 rings (SSSR count). The van der Waals surface area contributed by atoms with E-state index in [4.69, 9.17) is 4.74 Å². The number of ether oxygens (including phenoxy) is 1. The second kappa shape index (κ2) is 8.39. The quantitative estimate of drug-likeness (QED) is 0.669. The Morgan fingerprint density at radius 2 is 1.79 bits per heavy atom. The molecule has 0 saturated carbocycles. The molecule has 2 heterocycles. The highest BCUT2D eigenvalue weighted by Crippen LogP contribution is 2.23. The molecule has 5 nitrogen and oxygen atoms in total. The zero-order valence-corrected chi connectivity index (χ0v) is 16.3. The van der Waals surface area contributed by atoms with Crippen LogP contribution in [0.25, 0.3) is 0 Å². The van der Waals surface area contributed by atoms with Crippen LogP contribution >= 0.6 is 0 Å². The predicted octanol–water partition coefficient (Wildman–Crippen LogP) is 3.34. The Balaban J connectivity index is 1.49. The van der Waals surface area contributed by atoms with E-state index < -0.39 is 0 Å². The molecule has 0 radical (unpaired) electrons. The topological polar surface area (TPSA) is 55.3 Å². The number of hydrogen-bond donors (Lipinski definition) is 0. The first kappa shape index (κ1) is 19.1. The van der Waals surface area contributed by atoms with Crippen LogP contribution in [0, 0.1) is 5.82 Å². The molecule has 1 amide bonds. The van der Waals surface area contributed by atoms with Crippen molar-refractivity contribution in [2.45, 2.75) is 25.8 Å². The van der Waals surface area contributed by atoms with Crippen LogP contribution in [0.2, 0.25) is 0 Å². The Labute approximate surface area is 169 Å². The summed E-state index contributed by atoms with van der Waals surface area (Å²) < 4.78 is 18.4. The van der Waals surface area contributed by atoms with Crippen molar-refractivity contribution in [1.29, 1.82) is 0 Å². The molecule has 0 aliphatic carbocycles. The molecule has 6 heteroatoms. The van der Waals surface area contributed by atoms with Crippen molar-refractivity contribution in [3.8, 4) is 5.75 Å². The van der Waals surface area contributed by atoms with Gasteiger partial charge in [0.1, 0.15) is 17.9 Å². The van der Waals surface area contributed by atoms with Gasteiger partial charge in [0.25, 0.3) is 0 Å². The number of rotatable bonds is 5. The van der Waals surface area contributed by atoms with Crippen molar-refractivity contribution < 1.29 is 13.9 Å². The molecule has 148 valence electrons. The van der Waals surface area contributed by atoms with Crippen molar-refractivity contribution in [2.75, 3.05) is 13.7 Å². The second-order valence-corrected chi connectivity index (χ2v) is 7.14. The van der Waals surface area contributed by atoms with Gasteiger partial charge in [-0.05, 0) is 35.4 Å². The molecular weight excluding hydrogens is 369 g/mol. The minimum absolute atomic E-state index is 0.0809. The molecule has 0 N–H and O–H groups in total. The zero-order valence-electron chi connectivity index (χ0n) is 16.3. The van der Waals surface area contributed by atoms with Crippen molar-refractivity contribution in [1.82, 2.24) is 14.9 Å². The maximum atomic E-state index is 13.2. The van der Waals surface area contributed by atoms with Crippen molar-refractivity contribution in [2.24, 2.45) is 0 Å². The number of amides is 1. The summed E-state index contributed by atoms with van der Waals surface area (Å²) in [4.78, 5) is 23.6. The fourth-order valence-electron chi connectivity index (χ4n) is 3.59. The number of carbonyl (C=O) groups excluding carboxylic acids is 1. The summed E-state index contributed by atoms with van der Waals surface area (Å²) in [6.07, 6.45) is 3.22. The van der Waals surface area contributed by atoms with Gasteiger partial charge in [0.15, 0.2) is 0 Å². The number of benzene rings is 2. The molecule has 1 aliphatic rings. The highest BCUT2D eigenvalue weighted by atomic mass is 19.1. The van der Waals surface area contributed by atoms with Crippen LogP contribution in [-0.4, -0.2) is 34.4 Å². The van der Waals surface area contributed by atoms with Gasteiger partial charge in [0.2, 0.25) is 5.91 Å². The fourth-order valence-corrected chi connectivity index (χ4v) is 3.59. The summed E-state index contributed by atoms with van der Waals surface area (Å²) in [6, 6.07) is 14.0. The molecule has 29 heavy (non-hydrogen) atoms. The van der Waals surface area contributed by atoms with Crippen molar-refractivity contribution in [3.63, 3.8) is 0 Å². The molecule has 0 unspecified atom stereocenters. The monoisotopic (exact) mass is 391 g/mol. The van der Waals surface area contributed by atoms with Gasteiger partial charge in [0, 0.05) is 31.5 Å². The lowest BCUT2D eigenvalue weighted by molar-refractivity contribution is -0.131. The largest absolute Gasteiger partial charge is 0.497 e. The highest BCUT2D eigenvalue weighted by molar-refractivity contribution is 5.79. The summed E-state index contributed by atoms with van der Waals surface area (Å²) >= 11 is 0. The van der Waals surface area contributed by atoms with Crippen LogP contribution in [-0.2, 0) is 30.6 Å². The summed E-state index contributed by atoms with van der Waals surface area (Å²) in [6.45, 7) is 1.15. The number of hydrogen-bond acceptors (Lipinski definition) is 4. The second-order valence-electron chi connectivity index (χ2n) is 7.14. The third kappa shape index (κ3) is 4.42. The van der Waals surface area contributed by atoms with E-state index in [0.29, 0.717) is 32.4 Å². The lowest BCUT2D eigenvalue weighted by Gasteiger charge is -2.29. The summed E-state index contributed by atoms with van der Waals surface area (Å²) in [5.74, 6) is 0.599. The molecule has 1 aromatic heterocycles. The van der Waals surface area contributed by atoms with E-state index in [1.807, 2.05) is 29.2 Å². The number of fused-ring (bicyclic) bond motifs is 1. The Morgan fingerprint density at radius 1 is 1.07 bits per heavy atom. The van der Waals surface area contributed by atoms with Crippen molar-refractivity contribution in [3.05, 3.63) is 88.8 Å². The standard InChI is InChI=1S/C23H22FN3O2/c1-29-19-8-4-17(5-9-19)13-23(28)27-11-10-21-20(14-27)22(26-15-25-21)12-16-2-6-18(24)7-3-16/h2-9,15H,10-14H2,1H3. The maximum absolute atomic E-state index is 13.2. The first-order chi connectivity index (χ1) is 14.1. The normalized spacial score (nSPS) is 13.1. The van der Waals surface area contributed by atoms with Gasteiger partial charge < -0.3 is 9.64 Å². The Bertz CT molecular complexity index is 1000. The van der Waals surface area contributed by atoms with Crippen LogP contribution in [0.4, 0.5) is 4.39 Å². The Hall–Kier alpha value is -3.28. The number of carbonyl (C=O) groups is 1. The van der Waals surface area contributed by atoms with E-state index in [9.17, 15) is 9.18 Å². The van der Waals surface area contributed by atoms with Gasteiger partial charge in [-0.25, -0.2) is 14.4 Å². The molecule has 2 aromatic carbocycles. The average Bonchev–Trinajstić information content (AvgIpc) is 2.76. The van der Waals surface area contributed by atoms with Gasteiger partial charge in [-0.2, -0.15) is 0 Å². The van der Waals surface area contributed by atoms with Crippen LogP contribution in [0.3, 0.4) is 0 Å². The van der Waals surface area contributed by atoms with Crippen LogP contribution in [0.5, 0.6) is 5.75 Å². The third-order valence-corrected chi connectivity index (χ3v) is 5.24. The minimum atomic E-state index is -0.256. The number of aromatic nitrogens is 2. The number of methoxy groups -OCH3 is 1. The van der Waals surface area contributed by atoms with Crippen LogP contribution in [0.15, 0.2) is 54.9 Å². The number of halogens is 1. The molecule has 0 saturated heterocycles. The van der Waals surface area contributed by atoms with Crippen LogP contribution in [0.1, 0.15) is 28.1 Å².